The van der Waals surface area contributed by atoms with Crippen molar-refractivity contribution in [2.75, 3.05) is 0 Å². The van der Waals surface area contributed by atoms with Crippen molar-refractivity contribution in [3.63, 3.8) is 0 Å². The Morgan fingerprint density at radius 3 is 1.28 bits per heavy atom. The fourth-order valence-corrected chi connectivity index (χ4v) is 11.9. The van der Waals surface area contributed by atoms with Crippen LogP contribution >= 0.6 is 17.0 Å². The molecule has 0 heterocycles. The molecule has 208 valence electrons. The summed E-state index contributed by atoms with van der Waals surface area (Å²) >= 11 is -0.826. The van der Waals surface area contributed by atoms with Gasteiger partial charge in [0, 0.05) is 0 Å². The number of rotatable bonds is 2. The van der Waals surface area contributed by atoms with Crippen molar-refractivity contribution in [2.24, 2.45) is 82.9 Å². The van der Waals surface area contributed by atoms with Gasteiger partial charge in [-0.25, -0.2) is 0 Å². The maximum atomic E-state index is 4.93. The summed E-state index contributed by atoms with van der Waals surface area (Å²) in [4.78, 5) is 0. The van der Waals surface area contributed by atoms with Gasteiger partial charge in [0.25, 0.3) is 0 Å². The van der Waals surface area contributed by atoms with Gasteiger partial charge in [-0.05, 0) is 128 Å². The zero-order valence-corrected chi connectivity index (χ0v) is 28.5. The molecule has 0 bridgehead atoms. The molecule has 0 amide bonds. The van der Waals surface area contributed by atoms with Crippen LogP contribution in [0.5, 0.6) is 0 Å². The normalized spacial score (nSPS) is 50.9. The predicted octanol–water partition coefficient (Wildman–Crippen LogP) is 11.1. The Labute approximate surface area is 245 Å². The molecule has 0 radical (unpaired) electrons. The van der Waals surface area contributed by atoms with Gasteiger partial charge in [0.2, 0.25) is 0 Å². The van der Waals surface area contributed by atoms with Crippen LogP contribution in [0.2, 0.25) is 0 Å². The Balaban J connectivity index is 0.000000690. The zero-order valence-electron chi connectivity index (χ0n) is 24.5. The van der Waals surface area contributed by atoms with Gasteiger partial charge in [-0.15, -0.1) is 0 Å². The molecule has 0 aromatic carbocycles. The van der Waals surface area contributed by atoms with Crippen LogP contribution in [-0.2, 0) is 20.8 Å². The van der Waals surface area contributed by atoms with Gasteiger partial charge < -0.3 is 14.9 Å². The standard InChI is InChI=1S/C31H52.2CH3.2ClH.Zr/c1-18-13-28-20(3)24-11-7-5-9-22(24)15-30(28)26(18)17-27-19(2)14-29-21(4)25-12-8-6-10-23(25)16-31(27)29;;;;;/h18-31H,5-17H2,1-4H3;2*1H3;2*1H;/q;2*-1;;;+4/p-2. The van der Waals surface area contributed by atoms with Crippen LogP contribution in [0.3, 0.4) is 0 Å². The van der Waals surface area contributed by atoms with E-state index < -0.39 is 20.8 Å². The first kappa shape index (κ1) is 32.0. The minimum atomic E-state index is -0.826. The number of hydrogen-bond donors (Lipinski definition) is 0. The van der Waals surface area contributed by atoms with E-state index >= 15 is 0 Å². The molecule has 0 N–H and O–H groups in total. The van der Waals surface area contributed by atoms with E-state index in [4.69, 9.17) is 17.0 Å². The van der Waals surface area contributed by atoms with Gasteiger partial charge in [-0.2, -0.15) is 0 Å². The first-order chi connectivity index (χ1) is 16.4. The maximum absolute atomic E-state index is 4.93. The number of halogens is 2. The van der Waals surface area contributed by atoms with Gasteiger partial charge in [-0.1, -0.05) is 66.2 Å². The summed E-state index contributed by atoms with van der Waals surface area (Å²) in [5.74, 6) is 15.0. The summed E-state index contributed by atoms with van der Waals surface area (Å²) in [6.45, 7) is 10.7. The van der Waals surface area contributed by atoms with Gasteiger partial charge in [0.15, 0.2) is 0 Å². The molecule has 0 aliphatic heterocycles. The van der Waals surface area contributed by atoms with Crippen LogP contribution in [0, 0.1) is 97.7 Å². The monoisotopic (exact) mass is 614 g/mol. The van der Waals surface area contributed by atoms with Gasteiger partial charge in [0.05, 0.1) is 0 Å². The van der Waals surface area contributed by atoms with Gasteiger partial charge in [0.1, 0.15) is 0 Å². The van der Waals surface area contributed by atoms with Crippen LogP contribution in [0.15, 0.2) is 0 Å². The molecule has 0 nitrogen and oxygen atoms in total. The van der Waals surface area contributed by atoms with Crippen LogP contribution in [-0.4, -0.2) is 0 Å². The molecule has 0 aromatic rings. The third kappa shape index (κ3) is 6.05. The van der Waals surface area contributed by atoms with E-state index in [0.29, 0.717) is 0 Å². The Kier molecular flexibility index (Phi) is 12.3. The van der Waals surface area contributed by atoms with Gasteiger partial charge in [-0.3, -0.25) is 0 Å². The van der Waals surface area contributed by atoms with E-state index in [-0.39, 0.29) is 14.9 Å². The van der Waals surface area contributed by atoms with Crippen LogP contribution < -0.4 is 0 Å². The van der Waals surface area contributed by atoms with E-state index in [1.807, 2.05) is 0 Å². The van der Waals surface area contributed by atoms with Crippen molar-refractivity contribution >= 4 is 17.0 Å². The van der Waals surface area contributed by atoms with Crippen molar-refractivity contribution in [2.45, 2.75) is 111 Å². The first-order valence-electron chi connectivity index (χ1n) is 15.4. The molecule has 6 saturated carbocycles. The molecular weight excluding hydrogens is 558 g/mol. The van der Waals surface area contributed by atoms with E-state index in [9.17, 15) is 0 Å². The third-order valence-electron chi connectivity index (χ3n) is 13.3. The third-order valence-corrected chi connectivity index (χ3v) is 13.3. The van der Waals surface area contributed by atoms with Gasteiger partial charge >= 0.3 is 37.9 Å². The SMILES string of the molecule is CC1CC2C(C)C3CCCCC3CC2C1CC1C(C)CC2C(C)C3CCCCC3CC12.[CH3-].[CH3-].[Cl][Zr+2][Cl]. The Bertz CT molecular complexity index is 614. The zero-order chi connectivity index (χ0) is 24.0. The summed E-state index contributed by atoms with van der Waals surface area (Å²) in [6, 6.07) is 0. The molecule has 36 heavy (non-hydrogen) atoms. The van der Waals surface area contributed by atoms with Crippen LogP contribution in [0.1, 0.15) is 111 Å². The van der Waals surface area contributed by atoms with Crippen molar-refractivity contribution in [3.05, 3.63) is 14.9 Å². The molecule has 14 unspecified atom stereocenters. The fourth-order valence-electron chi connectivity index (χ4n) is 11.9. The summed E-state index contributed by atoms with van der Waals surface area (Å²) in [5, 5.41) is 0. The van der Waals surface area contributed by atoms with Crippen molar-refractivity contribution in [3.8, 4) is 0 Å². The quantitative estimate of drug-likeness (QED) is 0.271. The fraction of sp³-hybridized carbons (Fsp3) is 0.939. The molecule has 0 saturated heterocycles. The number of fused-ring (bicyclic) bond motifs is 4. The van der Waals surface area contributed by atoms with Crippen molar-refractivity contribution in [1.29, 1.82) is 0 Å². The molecule has 0 spiro atoms. The Hall–Kier alpha value is 1.46. The topological polar surface area (TPSA) is 0 Å². The molecule has 6 fully saturated rings. The van der Waals surface area contributed by atoms with E-state index in [2.05, 4.69) is 27.7 Å². The molecule has 6 rings (SSSR count). The van der Waals surface area contributed by atoms with Crippen molar-refractivity contribution in [1.82, 2.24) is 0 Å². The van der Waals surface area contributed by atoms with Crippen LogP contribution in [0.4, 0.5) is 0 Å². The second-order valence-electron chi connectivity index (χ2n) is 14.3. The Morgan fingerprint density at radius 2 is 0.889 bits per heavy atom. The van der Waals surface area contributed by atoms with E-state index in [1.165, 1.54) is 25.7 Å². The average Bonchev–Trinajstić information content (AvgIpc) is 3.32. The Morgan fingerprint density at radius 1 is 0.528 bits per heavy atom. The summed E-state index contributed by atoms with van der Waals surface area (Å²) in [5.41, 5.74) is 0. The summed E-state index contributed by atoms with van der Waals surface area (Å²) in [7, 11) is 9.87. The predicted molar refractivity (Wildman–Crippen MR) is 156 cm³/mol. The summed E-state index contributed by atoms with van der Waals surface area (Å²) < 4.78 is 0. The van der Waals surface area contributed by atoms with Crippen LogP contribution in [0.25, 0.3) is 0 Å². The van der Waals surface area contributed by atoms with E-state index in [1.54, 1.807) is 57.8 Å². The molecule has 6 aliphatic carbocycles. The molecular formula is C33H58Cl2Zr. The molecule has 6 aliphatic rings. The first-order valence-corrected chi connectivity index (χ1v) is 21.7. The minimum absolute atomic E-state index is 0. The summed E-state index contributed by atoms with van der Waals surface area (Å²) in [6.07, 6.45) is 20.5. The van der Waals surface area contributed by atoms with E-state index in [0.717, 1.165) is 82.9 Å². The number of hydrogen-bond acceptors (Lipinski definition) is 0. The second kappa shape index (κ2) is 13.9. The average molecular weight is 617 g/mol. The second-order valence-corrected chi connectivity index (χ2v) is 18.1. The molecule has 0 aromatic heterocycles. The van der Waals surface area contributed by atoms with Crippen molar-refractivity contribution < 1.29 is 20.8 Å². The molecule has 14 atom stereocenters. The molecule has 3 heteroatoms.